The van der Waals surface area contributed by atoms with Gasteiger partial charge in [0, 0.05) is 37.4 Å². The van der Waals surface area contributed by atoms with Crippen LogP contribution in [0.25, 0.3) is 0 Å². The summed E-state index contributed by atoms with van der Waals surface area (Å²) in [4.78, 5) is 24.7. The van der Waals surface area contributed by atoms with Crippen molar-refractivity contribution in [3.8, 4) is 11.5 Å². The highest BCUT2D eigenvalue weighted by Crippen LogP contribution is 2.35. The molecule has 126 valence electrons. The largest absolute Gasteiger partial charge is 0.493 e. The number of halogens is 2. The van der Waals surface area contributed by atoms with Gasteiger partial charge in [-0.1, -0.05) is 11.8 Å². The molecule has 0 aliphatic carbocycles. The molecule has 0 radical (unpaired) electrons. The van der Waals surface area contributed by atoms with Gasteiger partial charge in [0.1, 0.15) is 0 Å². The van der Waals surface area contributed by atoms with Crippen molar-refractivity contribution in [2.24, 2.45) is 5.92 Å². The lowest BCUT2D eigenvalue weighted by molar-refractivity contribution is -0.117. The Morgan fingerprint density at radius 3 is 2.78 bits per heavy atom. The van der Waals surface area contributed by atoms with Crippen LogP contribution in [0.3, 0.4) is 0 Å². The van der Waals surface area contributed by atoms with E-state index in [0.717, 1.165) is 0 Å². The van der Waals surface area contributed by atoms with E-state index in [9.17, 15) is 18.4 Å². The molecule has 1 unspecified atom stereocenters. The maximum Gasteiger partial charge on any atom is 0.387 e. The van der Waals surface area contributed by atoms with Gasteiger partial charge in [0.2, 0.25) is 5.91 Å². The van der Waals surface area contributed by atoms with Gasteiger partial charge >= 0.3 is 6.61 Å². The zero-order chi connectivity index (χ0) is 17.0. The Morgan fingerprint density at radius 2 is 2.17 bits per heavy atom. The molecule has 8 heteroatoms. The van der Waals surface area contributed by atoms with Crippen molar-refractivity contribution in [1.29, 1.82) is 0 Å². The summed E-state index contributed by atoms with van der Waals surface area (Å²) in [7, 11) is 1.34. The van der Waals surface area contributed by atoms with Gasteiger partial charge < -0.3 is 14.4 Å². The Bertz CT molecular complexity index is 597. The lowest BCUT2D eigenvalue weighted by atomic mass is 10.1. The quantitative estimate of drug-likeness (QED) is 0.793. The molecule has 2 rings (SSSR count). The minimum Gasteiger partial charge on any atom is -0.493 e. The average molecular weight is 345 g/mol. The summed E-state index contributed by atoms with van der Waals surface area (Å²) in [5, 5.41) is 0.0195. The number of anilines is 1. The van der Waals surface area contributed by atoms with Crippen LogP contribution in [0.1, 0.15) is 13.3 Å². The van der Waals surface area contributed by atoms with Crippen LogP contribution in [0.5, 0.6) is 11.5 Å². The van der Waals surface area contributed by atoms with Crippen LogP contribution in [-0.4, -0.2) is 37.0 Å². The lowest BCUT2D eigenvalue weighted by Gasteiger charge is -2.19. The second kappa shape index (κ2) is 7.63. The second-order valence-electron chi connectivity index (χ2n) is 5.09. The molecule has 1 saturated heterocycles. The molecule has 1 amide bonds. The Kier molecular flexibility index (Phi) is 5.81. The number of amides is 1. The molecule has 1 atom stereocenters. The minimum atomic E-state index is -2.95. The summed E-state index contributed by atoms with van der Waals surface area (Å²) >= 11 is 1.20. The van der Waals surface area contributed by atoms with Gasteiger partial charge in [0.15, 0.2) is 16.6 Å². The third kappa shape index (κ3) is 4.57. The predicted molar refractivity (Wildman–Crippen MR) is 83.2 cm³/mol. The van der Waals surface area contributed by atoms with Gasteiger partial charge in [-0.15, -0.1) is 0 Å². The van der Waals surface area contributed by atoms with E-state index in [-0.39, 0.29) is 28.4 Å². The molecule has 0 bridgehead atoms. The highest BCUT2D eigenvalue weighted by Gasteiger charge is 2.31. The van der Waals surface area contributed by atoms with Crippen molar-refractivity contribution >= 4 is 28.5 Å². The first-order valence-electron chi connectivity index (χ1n) is 6.97. The summed E-state index contributed by atoms with van der Waals surface area (Å²) in [6, 6.07) is 4.39. The molecular formula is C15H17F2NO4S. The van der Waals surface area contributed by atoms with Crippen molar-refractivity contribution in [3.05, 3.63) is 18.2 Å². The fraction of sp³-hybridized carbons (Fsp3) is 0.467. The van der Waals surface area contributed by atoms with E-state index in [0.29, 0.717) is 24.4 Å². The maximum atomic E-state index is 12.3. The third-order valence-corrected chi connectivity index (χ3v) is 4.45. The number of carbonyl (C=O) groups is 2. The topological polar surface area (TPSA) is 55.8 Å². The van der Waals surface area contributed by atoms with Crippen LogP contribution in [0, 0.1) is 5.92 Å². The molecule has 1 aliphatic rings. The van der Waals surface area contributed by atoms with E-state index in [1.807, 2.05) is 0 Å². The second-order valence-corrected chi connectivity index (χ2v) is 6.29. The molecule has 0 aromatic heterocycles. The number of carbonyl (C=O) groups excluding carboxylic acids is 2. The summed E-state index contributed by atoms with van der Waals surface area (Å²) in [6.07, 6.45) is 0.359. The molecule has 0 N–H and O–H groups in total. The van der Waals surface area contributed by atoms with E-state index >= 15 is 0 Å². The van der Waals surface area contributed by atoms with Crippen LogP contribution >= 0.6 is 11.8 Å². The number of ether oxygens (including phenoxy) is 2. The molecule has 1 aromatic carbocycles. The molecular weight excluding hydrogens is 328 g/mol. The van der Waals surface area contributed by atoms with Crippen LogP contribution in [0.4, 0.5) is 14.5 Å². The minimum absolute atomic E-state index is 0.0195. The molecule has 1 fully saturated rings. The summed E-state index contributed by atoms with van der Waals surface area (Å²) in [5.41, 5.74) is 0.559. The predicted octanol–water partition coefficient (Wildman–Crippen LogP) is 2.93. The van der Waals surface area contributed by atoms with Crippen LogP contribution < -0.4 is 14.4 Å². The Hall–Kier alpha value is -1.83. The van der Waals surface area contributed by atoms with Gasteiger partial charge in [0.05, 0.1) is 7.11 Å². The summed E-state index contributed by atoms with van der Waals surface area (Å²) < 4.78 is 34.1. The first-order valence-corrected chi connectivity index (χ1v) is 7.96. The highest BCUT2D eigenvalue weighted by atomic mass is 32.2. The van der Waals surface area contributed by atoms with Gasteiger partial charge in [-0.3, -0.25) is 9.59 Å². The molecule has 1 heterocycles. The molecule has 0 saturated carbocycles. The highest BCUT2D eigenvalue weighted by molar-refractivity contribution is 8.13. The van der Waals surface area contributed by atoms with Gasteiger partial charge in [0.25, 0.3) is 0 Å². The van der Waals surface area contributed by atoms with Crippen LogP contribution in [0.15, 0.2) is 18.2 Å². The summed E-state index contributed by atoms with van der Waals surface area (Å²) in [6.45, 7) is -0.973. The monoisotopic (exact) mass is 345 g/mol. The number of rotatable bonds is 6. The van der Waals surface area contributed by atoms with Crippen LogP contribution in [-0.2, 0) is 9.59 Å². The average Bonchev–Trinajstić information content (AvgIpc) is 2.86. The molecule has 23 heavy (non-hydrogen) atoms. The molecule has 1 aliphatic heterocycles. The van der Waals surface area contributed by atoms with E-state index in [1.54, 1.807) is 11.0 Å². The summed E-state index contributed by atoms with van der Waals surface area (Å²) in [5.74, 6) is 0.656. The first-order chi connectivity index (χ1) is 10.9. The van der Waals surface area contributed by atoms with E-state index in [1.165, 1.54) is 37.9 Å². The fourth-order valence-electron chi connectivity index (χ4n) is 2.40. The number of methoxy groups -OCH3 is 1. The standard InChI is InChI=1S/C15H17F2NO4S/c1-9(19)23-8-10-5-14(20)18(7-10)11-3-4-12(22-15(16)17)13(6-11)21-2/h3-4,6,10,15H,5,7-8H2,1-2H3. The van der Waals surface area contributed by atoms with E-state index < -0.39 is 6.61 Å². The zero-order valence-electron chi connectivity index (χ0n) is 12.8. The van der Waals surface area contributed by atoms with Crippen molar-refractivity contribution in [2.75, 3.05) is 24.3 Å². The Labute approximate surface area is 136 Å². The van der Waals surface area contributed by atoms with Crippen LogP contribution in [0.2, 0.25) is 0 Å². The van der Waals surface area contributed by atoms with Gasteiger partial charge in [-0.2, -0.15) is 8.78 Å². The van der Waals surface area contributed by atoms with Crippen molar-refractivity contribution in [3.63, 3.8) is 0 Å². The van der Waals surface area contributed by atoms with Gasteiger partial charge in [-0.25, -0.2) is 0 Å². The zero-order valence-corrected chi connectivity index (χ0v) is 13.6. The van der Waals surface area contributed by atoms with Gasteiger partial charge in [-0.05, 0) is 18.1 Å². The number of thioether (sulfide) groups is 1. The fourth-order valence-corrected chi connectivity index (χ4v) is 3.09. The Morgan fingerprint density at radius 1 is 1.43 bits per heavy atom. The smallest absolute Gasteiger partial charge is 0.387 e. The lowest BCUT2D eigenvalue weighted by Crippen LogP contribution is -2.24. The number of hydrogen-bond donors (Lipinski definition) is 0. The number of benzene rings is 1. The molecule has 0 spiro atoms. The normalized spacial score (nSPS) is 17.7. The van der Waals surface area contributed by atoms with E-state index in [4.69, 9.17) is 4.74 Å². The Balaban J connectivity index is 2.12. The third-order valence-electron chi connectivity index (χ3n) is 3.40. The molecule has 1 aromatic rings. The molecule has 5 nitrogen and oxygen atoms in total. The SMILES string of the molecule is COc1cc(N2CC(CSC(C)=O)CC2=O)ccc1OC(F)F. The number of nitrogens with zero attached hydrogens (tertiary/aromatic N) is 1. The first kappa shape index (κ1) is 17.5. The van der Waals surface area contributed by atoms with Crippen molar-refractivity contribution < 1.29 is 27.8 Å². The number of alkyl halides is 2. The van der Waals surface area contributed by atoms with Crippen molar-refractivity contribution in [1.82, 2.24) is 0 Å². The van der Waals surface area contributed by atoms with E-state index in [2.05, 4.69) is 4.74 Å². The maximum absolute atomic E-state index is 12.3. The van der Waals surface area contributed by atoms with Crippen molar-refractivity contribution in [2.45, 2.75) is 20.0 Å². The number of hydrogen-bond acceptors (Lipinski definition) is 5.